The van der Waals surface area contributed by atoms with E-state index in [2.05, 4.69) is 88.0 Å². The minimum atomic E-state index is 0.254. The highest BCUT2D eigenvalue weighted by Crippen LogP contribution is 2.56. The molecule has 39 heavy (non-hydrogen) atoms. The SMILES string of the molecule is CCC(C)CC(CC(CC(C)C1C(C)C1N)(C(C)CCC(C)C(C)N1CC1)C(CC)CC(C)C(C)C)C(C)N. The van der Waals surface area contributed by atoms with Crippen LogP contribution in [0.3, 0.4) is 0 Å². The molecule has 1 saturated carbocycles. The highest BCUT2D eigenvalue weighted by atomic mass is 15.3. The second kappa shape index (κ2) is 15.4. The van der Waals surface area contributed by atoms with Gasteiger partial charge in [-0.25, -0.2) is 0 Å². The summed E-state index contributed by atoms with van der Waals surface area (Å²) in [5, 5.41) is 0. The molecule has 3 heteroatoms. The van der Waals surface area contributed by atoms with E-state index in [4.69, 9.17) is 11.5 Å². The normalized spacial score (nSPS) is 30.1. The Bertz CT molecular complexity index is 679. The molecule has 0 spiro atoms. The highest BCUT2D eigenvalue weighted by Gasteiger charge is 2.52. The van der Waals surface area contributed by atoms with Crippen molar-refractivity contribution in [3.63, 3.8) is 0 Å². The molecule has 4 N–H and O–H groups in total. The first-order valence-electron chi connectivity index (χ1n) is 17.4. The lowest BCUT2D eigenvalue weighted by molar-refractivity contribution is -0.0123. The van der Waals surface area contributed by atoms with E-state index in [0.717, 1.165) is 35.6 Å². The summed E-state index contributed by atoms with van der Waals surface area (Å²) >= 11 is 0. The number of nitrogens with two attached hydrogens (primary N) is 2. The fourth-order valence-corrected chi connectivity index (χ4v) is 8.43. The van der Waals surface area contributed by atoms with Crippen LogP contribution in [0.1, 0.15) is 134 Å². The average Bonchev–Trinajstić information content (AvgIpc) is 3.81. The van der Waals surface area contributed by atoms with Crippen molar-refractivity contribution in [1.29, 1.82) is 0 Å². The molecule has 2 fully saturated rings. The fourth-order valence-electron chi connectivity index (χ4n) is 8.43. The zero-order valence-electron chi connectivity index (χ0n) is 28.7. The molecule has 0 bridgehead atoms. The van der Waals surface area contributed by atoms with Crippen molar-refractivity contribution in [3.8, 4) is 0 Å². The topological polar surface area (TPSA) is 55.0 Å². The van der Waals surface area contributed by atoms with Crippen LogP contribution in [0, 0.1) is 64.6 Å². The van der Waals surface area contributed by atoms with E-state index < -0.39 is 0 Å². The lowest BCUT2D eigenvalue weighted by atomic mass is 9.54. The maximum Gasteiger partial charge on any atom is 0.0113 e. The van der Waals surface area contributed by atoms with Gasteiger partial charge in [0.2, 0.25) is 0 Å². The second-order valence-electron chi connectivity index (χ2n) is 15.8. The lowest BCUT2D eigenvalue weighted by Crippen LogP contribution is -2.44. The average molecular weight is 548 g/mol. The monoisotopic (exact) mass is 548 g/mol. The van der Waals surface area contributed by atoms with E-state index in [1.54, 1.807) is 0 Å². The van der Waals surface area contributed by atoms with E-state index in [-0.39, 0.29) is 6.04 Å². The number of hydrogen-bond donors (Lipinski definition) is 2. The van der Waals surface area contributed by atoms with Gasteiger partial charge in [-0.15, -0.1) is 0 Å². The van der Waals surface area contributed by atoms with Gasteiger partial charge >= 0.3 is 0 Å². The summed E-state index contributed by atoms with van der Waals surface area (Å²) in [6.07, 6.45) is 10.5. The molecule has 0 aromatic carbocycles. The second-order valence-corrected chi connectivity index (χ2v) is 15.8. The van der Waals surface area contributed by atoms with E-state index in [0.29, 0.717) is 41.0 Å². The van der Waals surface area contributed by atoms with Crippen LogP contribution >= 0.6 is 0 Å². The molecule has 3 nitrogen and oxygen atoms in total. The van der Waals surface area contributed by atoms with Crippen LogP contribution in [-0.4, -0.2) is 36.1 Å². The molecule has 0 aromatic heterocycles. The third-order valence-corrected chi connectivity index (χ3v) is 12.7. The third-order valence-electron chi connectivity index (χ3n) is 12.7. The predicted octanol–water partition coefficient (Wildman–Crippen LogP) is 8.85. The van der Waals surface area contributed by atoms with Gasteiger partial charge in [0, 0.05) is 31.2 Å². The Kier molecular flexibility index (Phi) is 13.8. The summed E-state index contributed by atoms with van der Waals surface area (Å²) in [4.78, 5) is 2.65. The molecule has 232 valence electrons. The Morgan fingerprint density at radius 2 is 1.41 bits per heavy atom. The quantitative estimate of drug-likeness (QED) is 0.150. The van der Waals surface area contributed by atoms with Crippen molar-refractivity contribution in [3.05, 3.63) is 0 Å². The number of hydrogen-bond acceptors (Lipinski definition) is 3. The van der Waals surface area contributed by atoms with Crippen molar-refractivity contribution < 1.29 is 0 Å². The summed E-state index contributed by atoms with van der Waals surface area (Å²) in [5.41, 5.74) is 13.8. The van der Waals surface area contributed by atoms with Gasteiger partial charge in [-0.1, -0.05) is 82.1 Å². The van der Waals surface area contributed by atoms with Crippen LogP contribution in [0.25, 0.3) is 0 Å². The maximum absolute atomic E-state index is 6.86. The summed E-state index contributed by atoms with van der Waals surface area (Å²) in [7, 11) is 0. The van der Waals surface area contributed by atoms with Crippen LogP contribution in [0.5, 0.6) is 0 Å². The largest absolute Gasteiger partial charge is 0.328 e. The van der Waals surface area contributed by atoms with Gasteiger partial charge in [0.05, 0.1) is 0 Å². The first-order chi connectivity index (χ1) is 18.2. The molecular formula is C36H73N3. The fraction of sp³-hybridized carbons (Fsp3) is 1.00. The highest BCUT2D eigenvalue weighted by molar-refractivity contribution is 5.04. The summed E-state index contributed by atoms with van der Waals surface area (Å²) < 4.78 is 0. The lowest BCUT2D eigenvalue weighted by Gasteiger charge is -2.51. The minimum Gasteiger partial charge on any atom is -0.328 e. The van der Waals surface area contributed by atoms with E-state index in [1.165, 1.54) is 64.5 Å². The Morgan fingerprint density at radius 3 is 1.85 bits per heavy atom. The molecule has 1 aliphatic carbocycles. The number of rotatable bonds is 20. The molecule has 1 saturated heterocycles. The Labute approximate surface area is 246 Å². The van der Waals surface area contributed by atoms with E-state index in [1.807, 2.05) is 0 Å². The zero-order valence-corrected chi connectivity index (χ0v) is 28.7. The third kappa shape index (κ3) is 9.44. The van der Waals surface area contributed by atoms with E-state index >= 15 is 0 Å². The molecule has 1 aliphatic heterocycles. The summed E-state index contributed by atoms with van der Waals surface area (Å²) in [6, 6.07) is 1.38. The van der Waals surface area contributed by atoms with Crippen molar-refractivity contribution in [1.82, 2.24) is 4.90 Å². The Balaban J connectivity index is 2.48. The summed E-state index contributed by atoms with van der Waals surface area (Å²) in [6.45, 7) is 32.2. The first-order valence-corrected chi connectivity index (χ1v) is 17.4. The molecular weight excluding hydrogens is 474 g/mol. The molecule has 0 aromatic rings. The van der Waals surface area contributed by atoms with Crippen molar-refractivity contribution >= 4 is 0 Å². The molecule has 13 atom stereocenters. The molecule has 0 amide bonds. The molecule has 0 radical (unpaired) electrons. The van der Waals surface area contributed by atoms with E-state index in [9.17, 15) is 0 Å². The Morgan fingerprint density at radius 1 is 0.821 bits per heavy atom. The number of nitrogens with zero attached hydrogens (tertiary/aromatic N) is 1. The molecule has 2 rings (SSSR count). The minimum absolute atomic E-state index is 0.254. The van der Waals surface area contributed by atoms with Gasteiger partial charge in [0.15, 0.2) is 0 Å². The van der Waals surface area contributed by atoms with Gasteiger partial charge in [0.25, 0.3) is 0 Å². The van der Waals surface area contributed by atoms with Crippen molar-refractivity contribution in [2.75, 3.05) is 13.1 Å². The molecule has 13 unspecified atom stereocenters. The predicted molar refractivity (Wildman–Crippen MR) is 174 cm³/mol. The molecule has 2 aliphatic rings. The standard InChI is InChI=1S/C36H73N3/c1-13-24(5)19-32(30(11)37)22-36(21-27(8)34-29(10)35(34)38,33(14-2)20-26(7)23(3)4)28(9)16-15-25(6)31(12)39-17-18-39/h23-35H,13-22,37-38H2,1-12H3. The van der Waals surface area contributed by atoms with Crippen LogP contribution in [-0.2, 0) is 0 Å². The van der Waals surface area contributed by atoms with Crippen molar-refractivity contribution in [2.45, 2.75) is 153 Å². The van der Waals surface area contributed by atoms with Crippen molar-refractivity contribution in [2.24, 2.45) is 76.1 Å². The first kappa shape index (κ1) is 35.1. The van der Waals surface area contributed by atoms with Gasteiger partial charge in [-0.2, -0.15) is 0 Å². The van der Waals surface area contributed by atoms with Crippen LogP contribution in [0.2, 0.25) is 0 Å². The smallest absolute Gasteiger partial charge is 0.0113 e. The van der Waals surface area contributed by atoms with Gasteiger partial charge in [0.1, 0.15) is 0 Å². The maximum atomic E-state index is 6.86. The van der Waals surface area contributed by atoms with Crippen LogP contribution in [0.4, 0.5) is 0 Å². The van der Waals surface area contributed by atoms with Gasteiger partial charge < -0.3 is 11.5 Å². The van der Waals surface area contributed by atoms with Gasteiger partial charge in [-0.05, 0) is 117 Å². The Hall–Kier alpha value is -0.120. The summed E-state index contributed by atoms with van der Waals surface area (Å²) in [5.74, 6) is 7.11. The van der Waals surface area contributed by atoms with Gasteiger partial charge in [-0.3, -0.25) is 4.90 Å². The molecule has 1 heterocycles. The zero-order chi connectivity index (χ0) is 29.7. The van der Waals surface area contributed by atoms with Crippen LogP contribution in [0.15, 0.2) is 0 Å². The van der Waals surface area contributed by atoms with Crippen LogP contribution < -0.4 is 11.5 Å².